The molecule has 0 unspecified atom stereocenters. The minimum absolute atomic E-state index is 0.628. The molecule has 0 fully saturated rings. The third kappa shape index (κ3) is 7.93. The molecule has 0 N–H and O–H groups in total. The minimum Gasteiger partial charge on any atom is -0.244 e. The Morgan fingerprint density at radius 2 is 1.33 bits per heavy atom. The molecule has 1 heteroatoms. The summed E-state index contributed by atoms with van der Waals surface area (Å²) < 4.78 is 12.5. The lowest BCUT2D eigenvalue weighted by Gasteiger charge is -2.13. The molecular formula is C8H19F. The highest BCUT2D eigenvalue weighted by Gasteiger charge is 2.15. The zero-order chi connectivity index (χ0) is 7.91. The molecule has 58 valence electrons. The maximum atomic E-state index is 12.5. The molecule has 0 amide bonds. The predicted octanol–water partition coefficient (Wildman–Crippen LogP) is 3.56. The van der Waals surface area contributed by atoms with E-state index in [0.717, 1.165) is 0 Å². The van der Waals surface area contributed by atoms with Crippen molar-refractivity contribution in [3.05, 3.63) is 0 Å². The first-order valence-corrected chi connectivity index (χ1v) is 3.81. The Morgan fingerprint density at radius 1 is 1.11 bits per heavy atom. The standard InChI is InChI=1S/C6H13F.C2H6/c1-4-6(3,7)5-2;1-2/h4-5H2,1-3H3;1-2H3. The first-order valence-electron chi connectivity index (χ1n) is 3.81. The van der Waals surface area contributed by atoms with Crippen LogP contribution < -0.4 is 0 Å². The molecule has 0 spiro atoms. The highest BCUT2D eigenvalue weighted by atomic mass is 19.1. The van der Waals surface area contributed by atoms with Gasteiger partial charge >= 0.3 is 0 Å². The quantitative estimate of drug-likeness (QED) is 0.541. The van der Waals surface area contributed by atoms with Gasteiger partial charge in [-0.1, -0.05) is 27.7 Å². The summed E-state index contributed by atoms with van der Waals surface area (Å²) in [7, 11) is 0. The molecule has 0 aliphatic heterocycles. The van der Waals surface area contributed by atoms with E-state index in [-0.39, 0.29) is 0 Å². The number of alkyl halides is 1. The number of rotatable bonds is 2. The molecule has 0 nitrogen and oxygen atoms in total. The second kappa shape index (κ2) is 6.06. The molecule has 0 saturated heterocycles. The van der Waals surface area contributed by atoms with E-state index in [1.165, 1.54) is 0 Å². The van der Waals surface area contributed by atoms with Gasteiger partial charge in [0.15, 0.2) is 0 Å². The highest BCUT2D eigenvalue weighted by Crippen LogP contribution is 2.17. The van der Waals surface area contributed by atoms with Gasteiger partial charge in [-0.05, 0) is 19.8 Å². The van der Waals surface area contributed by atoms with E-state index in [2.05, 4.69) is 0 Å². The fourth-order valence-electron chi connectivity index (χ4n) is 0.250. The molecule has 0 heterocycles. The van der Waals surface area contributed by atoms with Gasteiger partial charge in [-0.2, -0.15) is 0 Å². The predicted molar refractivity (Wildman–Crippen MR) is 41.4 cm³/mol. The maximum Gasteiger partial charge on any atom is 0.107 e. The molecule has 0 aromatic rings. The number of hydrogen-bond acceptors (Lipinski definition) is 0. The van der Waals surface area contributed by atoms with Gasteiger partial charge in [0.1, 0.15) is 5.67 Å². The summed E-state index contributed by atoms with van der Waals surface area (Å²) in [4.78, 5) is 0. The third-order valence-corrected chi connectivity index (χ3v) is 1.47. The van der Waals surface area contributed by atoms with E-state index in [1.54, 1.807) is 6.92 Å². The van der Waals surface area contributed by atoms with Crippen molar-refractivity contribution in [3.8, 4) is 0 Å². The van der Waals surface area contributed by atoms with Crippen LogP contribution in [0.1, 0.15) is 47.5 Å². The summed E-state index contributed by atoms with van der Waals surface area (Å²) in [6, 6.07) is 0. The molecule has 0 bridgehead atoms. The molecule has 0 radical (unpaired) electrons. The Hall–Kier alpha value is -0.0700. The lowest BCUT2D eigenvalue weighted by atomic mass is 10.0. The van der Waals surface area contributed by atoms with Gasteiger partial charge in [0, 0.05) is 0 Å². The highest BCUT2D eigenvalue weighted by molar-refractivity contribution is 4.66. The lowest BCUT2D eigenvalue weighted by molar-refractivity contribution is 0.177. The first kappa shape index (κ1) is 11.7. The number of hydrogen-bond donors (Lipinski definition) is 0. The zero-order valence-electron chi connectivity index (χ0n) is 7.29. The fraction of sp³-hybridized carbons (Fsp3) is 1.00. The fourth-order valence-corrected chi connectivity index (χ4v) is 0.250. The van der Waals surface area contributed by atoms with Crippen molar-refractivity contribution in [3.63, 3.8) is 0 Å². The van der Waals surface area contributed by atoms with Gasteiger partial charge in [-0.25, -0.2) is 4.39 Å². The van der Waals surface area contributed by atoms with Crippen molar-refractivity contribution < 1.29 is 4.39 Å². The first-order chi connectivity index (χ1) is 4.12. The molecule has 9 heavy (non-hydrogen) atoms. The van der Waals surface area contributed by atoms with Crippen molar-refractivity contribution in [2.45, 2.75) is 53.1 Å². The van der Waals surface area contributed by atoms with Crippen LogP contribution in [-0.2, 0) is 0 Å². The van der Waals surface area contributed by atoms with Crippen molar-refractivity contribution in [2.24, 2.45) is 0 Å². The Labute approximate surface area is 58.5 Å². The molecule has 0 saturated carbocycles. The van der Waals surface area contributed by atoms with Crippen molar-refractivity contribution in [2.75, 3.05) is 0 Å². The summed E-state index contributed by atoms with van der Waals surface area (Å²) in [5.41, 5.74) is -0.917. The summed E-state index contributed by atoms with van der Waals surface area (Å²) in [6.07, 6.45) is 1.26. The van der Waals surface area contributed by atoms with Gasteiger partial charge < -0.3 is 0 Å². The van der Waals surface area contributed by atoms with Crippen LogP contribution in [0, 0.1) is 0 Å². The zero-order valence-corrected chi connectivity index (χ0v) is 7.29. The minimum atomic E-state index is -0.917. The Morgan fingerprint density at radius 3 is 1.33 bits per heavy atom. The maximum absolute atomic E-state index is 12.5. The van der Waals surface area contributed by atoms with Crippen LogP contribution >= 0.6 is 0 Å². The summed E-state index contributed by atoms with van der Waals surface area (Å²) >= 11 is 0. The Bertz CT molecular complexity index is 42.5. The Balaban J connectivity index is 0. The van der Waals surface area contributed by atoms with Gasteiger partial charge in [0.05, 0.1) is 0 Å². The second-order valence-electron chi connectivity index (χ2n) is 2.12. The van der Waals surface area contributed by atoms with Crippen molar-refractivity contribution >= 4 is 0 Å². The molecule has 0 aromatic heterocycles. The van der Waals surface area contributed by atoms with Crippen LogP contribution in [0.3, 0.4) is 0 Å². The van der Waals surface area contributed by atoms with E-state index >= 15 is 0 Å². The van der Waals surface area contributed by atoms with Crippen LogP contribution in [0.5, 0.6) is 0 Å². The summed E-state index contributed by atoms with van der Waals surface area (Å²) in [5, 5.41) is 0. The monoisotopic (exact) mass is 134 g/mol. The van der Waals surface area contributed by atoms with Crippen LogP contribution in [0.4, 0.5) is 4.39 Å². The molecule has 0 rings (SSSR count). The largest absolute Gasteiger partial charge is 0.244 e. The van der Waals surface area contributed by atoms with Gasteiger partial charge in [0.2, 0.25) is 0 Å². The summed E-state index contributed by atoms with van der Waals surface area (Å²) in [6.45, 7) is 9.36. The lowest BCUT2D eigenvalue weighted by Crippen LogP contribution is -2.13. The van der Waals surface area contributed by atoms with Crippen LogP contribution in [0.25, 0.3) is 0 Å². The second-order valence-corrected chi connectivity index (χ2v) is 2.12. The van der Waals surface area contributed by atoms with E-state index in [1.807, 2.05) is 27.7 Å². The molecule has 0 aromatic carbocycles. The van der Waals surface area contributed by atoms with E-state index in [4.69, 9.17) is 0 Å². The topological polar surface area (TPSA) is 0 Å². The average Bonchev–Trinajstić information content (AvgIpc) is 1.93. The smallest absolute Gasteiger partial charge is 0.107 e. The van der Waals surface area contributed by atoms with Gasteiger partial charge in [-0.15, -0.1) is 0 Å². The SMILES string of the molecule is CC.CCC(C)(F)CC. The number of halogens is 1. The summed E-state index contributed by atoms with van der Waals surface area (Å²) in [5.74, 6) is 0. The molecule has 0 atom stereocenters. The third-order valence-electron chi connectivity index (χ3n) is 1.47. The molecule has 0 aliphatic rings. The van der Waals surface area contributed by atoms with Gasteiger partial charge in [0.25, 0.3) is 0 Å². The average molecular weight is 134 g/mol. The Kier molecular flexibility index (Phi) is 7.87. The normalized spacial score (nSPS) is 10.0. The van der Waals surface area contributed by atoms with Crippen LogP contribution in [-0.4, -0.2) is 5.67 Å². The van der Waals surface area contributed by atoms with E-state index in [0.29, 0.717) is 12.8 Å². The molecular weight excluding hydrogens is 115 g/mol. The van der Waals surface area contributed by atoms with Crippen LogP contribution in [0.2, 0.25) is 0 Å². The van der Waals surface area contributed by atoms with Crippen molar-refractivity contribution in [1.82, 2.24) is 0 Å². The van der Waals surface area contributed by atoms with E-state index in [9.17, 15) is 4.39 Å². The van der Waals surface area contributed by atoms with Gasteiger partial charge in [-0.3, -0.25) is 0 Å². The van der Waals surface area contributed by atoms with E-state index < -0.39 is 5.67 Å². The van der Waals surface area contributed by atoms with Crippen LogP contribution in [0.15, 0.2) is 0 Å². The van der Waals surface area contributed by atoms with Crippen molar-refractivity contribution in [1.29, 1.82) is 0 Å². The molecule has 0 aliphatic carbocycles.